The van der Waals surface area contributed by atoms with Crippen molar-refractivity contribution in [3.8, 4) is 0 Å². The summed E-state index contributed by atoms with van der Waals surface area (Å²) in [6.45, 7) is 4.07. The predicted octanol–water partition coefficient (Wildman–Crippen LogP) is 1.78. The predicted molar refractivity (Wildman–Crippen MR) is 70.8 cm³/mol. The Bertz CT molecular complexity index is 390. The molecule has 2 aliphatic heterocycles. The number of aromatic nitrogens is 2. The first kappa shape index (κ1) is 12.2. The van der Waals surface area contributed by atoms with Crippen molar-refractivity contribution in [3.05, 3.63) is 17.5 Å². The smallest absolute Gasteiger partial charge is 0.0660 e. The summed E-state index contributed by atoms with van der Waals surface area (Å²) in [6.07, 6.45) is 4.74. The van der Waals surface area contributed by atoms with E-state index in [4.69, 9.17) is 9.84 Å². The largest absolute Gasteiger partial charge is 0.381 e. The van der Waals surface area contributed by atoms with Gasteiger partial charge in [0.05, 0.1) is 5.69 Å². The maximum absolute atomic E-state index is 5.43. The summed E-state index contributed by atoms with van der Waals surface area (Å²) in [5.74, 6) is 1.30. The summed E-state index contributed by atoms with van der Waals surface area (Å²) >= 11 is 0. The van der Waals surface area contributed by atoms with Crippen LogP contribution in [0.25, 0.3) is 0 Å². The highest BCUT2D eigenvalue weighted by atomic mass is 16.5. The van der Waals surface area contributed by atoms with Crippen molar-refractivity contribution in [2.75, 3.05) is 26.3 Å². The Morgan fingerprint density at radius 2 is 1.89 bits per heavy atom. The van der Waals surface area contributed by atoms with Gasteiger partial charge in [-0.25, -0.2) is 0 Å². The van der Waals surface area contributed by atoms with Crippen LogP contribution >= 0.6 is 0 Å². The van der Waals surface area contributed by atoms with Gasteiger partial charge in [0.1, 0.15) is 0 Å². The Hall–Kier alpha value is -0.870. The van der Waals surface area contributed by atoms with Crippen LogP contribution in [0, 0.1) is 0 Å². The Labute approximate surface area is 109 Å². The van der Waals surface area contributed by atoms with Crippen molar-refractivity contribution in [2.45, 2.75) is 37.5 Å². The van der Waals surface area contributed by atoms with Crippen LogP contribution in [-0.4, -0.2) is 36.1 Å². The number of hydrogen-bond donors (Lipinski definition) is 1. The minimum Gasteiger partial charge on any atom is -0.381 e. The molecule has 18 heavy (non-hydrogen) atoms. The van der Waals surface area contributed by atoms with E-state index in [9.17, 15) is 0 Å². The molecule has 100 valence electrons. The summed E-state index contributed by atoms with van der Waals surface area (Å²) in [5, 5.41) is 8.18. The molecule has 0 bridgehead atoms. The van der Waals surface area contributed by atoms with Crippen LogP contribution in [0.15, 0.2) is 6.07 Å². The molecule has 0 saturated carbocycles. The minimum atomic E-state index is 0.611. The fraction of sp³-hybridized carbons (Fsp3) is 0.786. The van der Waals surface area contributed by atoms with Gasteiger partial charge < -0.3 is 10.1 Å². The molecule has 4 heteroatoms. The number of rotatable bonds is 2. The highest BCUT2D eigenvalue weighted by Gasteiger charge is 2.23. The Kier molecular flexibility index (Phi) is 3.66. The van der Waals surface area contributed by atoms with Gasteiger partial charge >= 0.3 is 0 Å². The molecule has 4 nitrogen and oxygen atoms in total. The fourth-order valence-corrected chi connectivity index (χ4v) is 3.20. The normalized spacial score (nSPS) is 23.4. The van der Waals surface area contributed by atoms with E-state index >= 15 is 0 Å². The number of aryl methyl sites for hydroxylation is 1. The summed E-state index contributed by atoms with van der Waals surface area (Å²) in [7, 11) is 2.10. The van der Waals surface area contributed by atoms with Crippen molar-refractivity contribution in [2.24, 2.45) is 7.05 Å². The fourth-order valence-electron chi connectivity index (χ4n) is 3.20. The second kappa shape index (κ2) is 5.41. The Balaban J connectivity index is 1.76. The van der Waals surface area contributed by atoms with Crippen LogP contribution in [0.3, 0.4) is 0 Å². The Morgan fingerprint density at radius 1 is 1.17 bits per heavy atom. The molecule has 0 atom stereocenters. The molecule has 0 unspecified atom stereocenters. The number of hydrogen-bond acceptors (Lipinski definition) is 3. The molecular weight excluding hydrogens is 226 g/mol. The number of nitrogens with zero attached hydrogens (tertiary/aromatic N) is 2. The van der Waals surface area contributed by atoms with Crippen LogP contribution in [0.4, 0.5) is 0 Å². The maximum atomic E-state index is 5.43. The van der Waals surface area contributed by atoms with Gasteiger partial charge in [-0.05, 0) is 44.8 Å². The van der Waals surface area contributed by atoms with Crippen molar-refractivity contribution in [1.29, 1.82) is 0 Å². The molecule has 0 spiro atoms. The zero-order chi connectivity index (χ0) is 12.4. The van der Waals surface area contributed by atoms with E-state index in [-0.39, 0.29) is 0 Å². The molecule has 1 N–H and O–H groups in total. The lowest BCUT2D eigenvalue weighted by atomic mass is 9.92. The highest BCUT2D eigenvalue weighted by Crippen LogP contribution is 2.30. The van der Waals surface area contributed by atoms with Crippen molar-refractivity contribution >= 4 is 0 Å². The van der Waals surface area contributed by atoms with E-state index in [0.29, 0.717) is 11.8 Å². The monoisotopic (exact) mass is 249 g/mol. The van der Waals surface area contributed by atoms with Crippen LogP contribution < -0.4 is 5.32 Å². The van der Waals surface area contributed by atoms with Gasteiger partial charge in [0.2, 0.25) is 0 Å². The van der Waals surface area contributed by atoms with E-state index in [1.54, 1.807) is 0 Å². The minimum absolute atomic E-state index is 0.611. The van der Waals surface area contributed by atoms with Crippen LogP contribution in [0.1, 0.15) is 48.9 Å². The molecule has 3 rings (SSSR count). The standard InChI is InChI=1S/C14H23N3O/c1-17-14(12-2-6-15-7-3-12)10-13(16-17)11-4-8-18-9-5-11/h10-12,15H,2-9H2,1H3. The molecule has 0 radical (unpaired) electrons. The van der Waals surface area contributed by atoms with Gasteiger partial charge in [0.25, 0.3) is 0 Å². The third-order valence-corrected chi connectivity index (χ3v) is 4.33. The first-order chi connectivity index (χ1) is 8.84. The molecule has 2 saturated heterocycles. The molecule has 0 aliphatic carbocycles. The summed E-state index contributed by atoms with van der Waals surface area (Å²) in [4.78, 5) is 0. The van der Waals surface area contributed by atoms with Gasteiger partial charge in [-0.3, -0.25) is 4.68 Å². The highest BCUT2D eigenvalue weighted by molar-refractivity contribution is 5.19. The zero-order valence-corrected chi connectivity index (χ0v) is 11.2. The van der Waals surface area contributed by atoms with Crippen molar-refractivity contribution < 1.29 is 4.74 Å². The van der Waals surface area contributed by atoms with Gasteiger partial charge in [-0.1, -0.05) is 0 Å². The van der Waals surface area contributed by atoms with E-state index in [2.05, 4.69) is 23.1 Å². The molecular formula is C14H23N3O. The average Bonchev–Trinajstić information content (AvgIpc) is 2.83. The third-order valence-electron chi connectivity index (χ3n) is 4.33. The quantitative estimate of drug-likeness (QED) is 0.868. The summed E-state index contributed by atoms with van der Waals surface area (Å²) < 4.78 is 7.54. The van der Waals surface area contributed by atoms with Gasteiger partial charge in [0, 0.05) is 37.8 Å². The maximum Gasteiger partial charge on any atom is 0.0660 e. The van der Waals surface area contributed by atoms with Crippen LogP contribution in [0.2, 0.25) is 0 Å². The topological polar surface area (TPSA) is 39.1 Å². The second-order valence-electron chi connectivity index (χ2n) is 5.53. The second-order valence-corrected chi connectivity index (χ2v) is 5.53. The van der Waals surface area contributed by atoms with Crippen LogP contribution in [0.5, 0.6) is 0 Å². The third kappa shape index (κ3) is 2.45. The molecule has 2 aliphatic rings. The van der Waals surface area contributed by atoms with E-state index in [1.807, 2.05) is 0 Å². The molecule has 1 aromatic heterocycles. The number of ether oxygens (including phenoxy) is 1. The van der Waals surface area contributed by atoms with E-state index in [0.717, 1.165) is 39.1 Å². The SMILES string of the molecule is Cn1nc(C2CCOCC2)cc1C1CCNCC1. The van der Waals surface area contributed by atoms with E-state index in [1.165, 1.54) is 24.2 Å². The first-order valence-corrected chi connectivity index (χ1v) is 7.17. The van der Waals surface area contributed by atoms with Crippen LogP contribution in [-0.2, 0) is 11.8 Å². The number of nitrogens with one attached hydrogen (secondary N) is 1. The lowest BCUT2D eigenvalue weighted by Crippen LogP contribution is -2.27. The molecule has 1 aromatic rings. The lowest BCUT2D eigenvalue weighted by Gasteiger charge is -2.22. The summed E-state index contributed by atoms with van der Waals surface area (Å²) in [6, 6.07) is 2.35. The molecule has 0 amide bonds. The van der Waals surface area contributed by atoms with E-state index < -0.39 is 0 Å². The zero-order valence-electron chi connectivity index (χ0n) is 11.2. The number of piperidine rings is 1. The van der Waals surface area contributed by atoms with Gasteiger partial charge in [-0.2, -0.15) is 5.10 Å². The average molecular weight is 249 g/mol. The van der Waals surface area contributed by atoms with Crippen molar-refractivity contribution in [3.63, 3.8) is 0 Å². The molecule has 0 aromatic carbocycles. The molecule has 2 fully saturated rings. The van der Waals surface area contributed by atoms with Gasteiger partial charge in [0.15, 0.2) is 0 Å². The Morgan fingerprint density at radius 3 is 2.61 bits per heavy atom. The van der Waals surface area contributed by atoms with Gasteiger partial charge in [-0.15, -0.1) is 0 Å². The summed E-state index contributed by atoms with van der Waals surface area (Å²) in [5.41, 5.74) is 2.72. The lowest BCUT2D eigenvalue weighted by molar-refractivity contribution is 0.0844. The first-order valence-electron chi connectivity index (χ1n) is 7.17. The molecule has 3 heterocycles. The van der Waals surface area contributed by atoms with Crippen molar-refractivity contribution in [1.82, 2.24) is 15.1 Å².